The maximum Gasteiger partial charge on any atom is 0.328 e. The first-order chi connectivity index (χ1) is 13.3. The molecule has 0 radical (unpaired) electrons. The Morgan fingerprint density at radius 2 is 1.96 bits per heavy atom. The minimum absolute atomic E-state index is 0.116. The van der Waals surface area contributed by atoms with Crippen molar-refractivity contribution >= 4 is 23.9 Å². The average Bonchev–Trinajstić information content (AvgIpc) is 3.29. The fourth-order valence-corrected chi connectivity index (χ4v) is 4.34. The summed E-state index contributed by atoms with van der Waals surface area (Å²) in [6.07, 6.45) is 9.87. The summed E-state index contributed by atoms with van der Waals surface area (Å²) in [6, 6.07) is 10.2. The van der Waals surface area contributed by atoms with Crippen molar-refractivity contribution < 1.29 is 14.7 Å². The van der Waals surface area contributed by atoms with Gasteiger partial charge in [0.2, 0.25) is 0 Å². The van der Waals surface area contributed by atoms with Gasteiger partial charge in [-0.1, -0.05) is 51.1 Å². The lowest BCUT2D eigenvalue weighted by molar-refractivity contribution is -0.131. The Balaban J connectivity index is 0.000000192. The Bertz CT molecular complexity index is 911. The number of rotatable bonds is 3. The van der Waals surface area contributed by atoms with Gasteiger partial charge < -0.3 is 10.1 Å². The minimum atomic E-state index is -0.969. The Labute approximate surface area is 165 Å². The molecule has 2 unspecified atom stereocenters. The van der Waals surface area contributed by atoms with Gasteiger partial charge >= 0.3 is 5.97 Å². The number of nitrogens with one attached hydrogen (secondary N) is 1. The fourth-order valence-electron chi connectivity index (χ4n) is 4.34. The second kappa shape index (κ2) is 7.58. The van der Waals surface area contributed by atoms with Crippen LogP contribution in [0.1, 0.15) is 44.9 Å². The highest BCUT2D eigenvalue weighted by Gasteiger charge is 2.63. The number of Topliss-reactive ketones (excluding diaryl/α,β-unsaturated/α-hetero) is 1. The van der Waals surface area contributed by atoms with Crippen LogP contribution in [-0.4, -0.2) is 26.8 Å². The molecule has 2 N–H and O–H groups in total. The number of aliphatic carboxylic acids is 1. The molecule has 2 fully saturated rings. The number of aromatic nitrogens is 2. The quantitative estimate of drug-likeness (QED) is 0.765. The lowest BCUT2D eigenvalue weighted by Gasteiger charge is -2.31. The van der Waals surface area contributed by atoms with Gasteiger partial charge in [-0.05, 0) is 47.5 Å². The first-order valence-electron chi connectivity index (χ1n) is 9.47. The fraction of sp³-hybridized carbons (Fsp3) is 0.348. The van der Waals surface area contributed by atoms with E-state index in [1.807, 2.05) is 18.2 Å². The number of aromatic amines is 1. The third-order valence-corrected chi connectivity index (χ3v) is 6.40. The SMILES string of the molecule is CC12CCC(C(=Cc3ccccc3)C1=O)C2(C)C.O=C(O)C=Cc1c[nH]cn1. The average molecular weight is 378 g/mol. The molecule has 2 atom stereocenters. The molecule has 28 heavy (non-hydrogen) atoms. The van der Waals surface area contributed by atoms with Gasteiger partial charge in [0.15, 0.2) is 5.78 Å². The first kappa shape index (κ1) is 19.8. The second-order valence-electron chi connectivity index (χ2n) is 8.15. The van der Waals surface area contributed by atoms with Crippen LogP contribution in [0.25, 0.3) is 12.2 Å². The minimum Gasteiger partial charge on any atom is -0.478 e. The van der Waals surface area contributed by atoms with Crippen LogP contribution in [0.15, 0.2) is 54.5 Å². The topological polar surface area (TPSA) is 83.0 Å². The van der Waals surface area contributed by atoms with Crippen molar-refractivity contribution in [3.8, 4) is 0 Å². The van der Waals surface area contributed by atoms with Gasteiger partial charge in [-0.3, -0.25) is 4.79 Å². The number of H-pyrrole nitrogens is 1. The molecule has 2 aliphatic rings. The molecule has 4 rings (SSSR count). The molecular formula is C23H26N2O3. The molecule has 146 valence electrons. The van der Waals surface area contributed by atoms with Gasteiger partial charge in [-0.25, -0.2) is 9.78 Å². The van der Waals surface area contributed by atoms with Crippen LogP contribution >= 0.6 is 0 Å². The van der Waals surface area contributed by atoms with E-state index >= 15 is 0 Å². The Morgan fingerprint density at radius 3 is 2.50 bits per heavy atom. The van der Waals surface area contributed by atoms with Gasteiger partial charge in [-0.15, -0.1) is 0 Å². The summed E-state index contributed by atoms with van der Waals surface area (Å²) in [5.74, 6) is -0.147. The van der Waals surface area contributed by atoms with Crippen LogP contribution in [-0.2, 0) is 9.59 Å². The zero-order valence-electron chi connectivity index (χ0n) is 16.5. The van der Waals surface area contributed by atoms with Crippen molar-refractivity contribution in [1.29, 1.82) is 0 Å². The largest absolute Gasteiger partial charge is 0.478 e. The van der Waals surface area contributed by atoms with Crippen LogP contribution in [0.3, 0.4) is 0 Å². The molecule has 1 aromatic heterocycles. The third-order valence-electron chi connectivity index (χ3n) is 6.40. The van der Waals surface area contributed by atoms with Gasteiger partial charge in [0, 0.05) is 17.7 Å². The molecule has 2 saturated carbocycles. The normalized spacial score (nSPS) is 26.5. The van der Waals surface area contributed by atoms with E-state index in [1.54, 1.807) is 6.20 Å². The Hall–Kier alpha value is -2.95. The molecule has 5 heteroatoms. The number of fused-ring (bicyclic) bond motifs is 2. The van der Waals surface area contributed by atoms with E-state index in [9.17, 15) is 9.59 Å². The number of carbonyl (C=O) groups is 2. The highest BCUT2D eigenvalue weighted by Crippen LogP contribution is 2.65. The molecular weight excluding hydrogens is 352 g/mol. The molecule has 2 bridgehead atoms. The number of carbonyl (C=O) groups excluding carboxylic acids is 1. The number of carboxylic acids is 1. The molecule has 0 spiro atoms. The van der Waals surface area contributed by atoms with E-state index in [0.717, 1.165) is 30.1 Å². The molecule has 0 saturated heterocycles. The van der Waals surface area contributed by atoms with Crippen molar-refractivity contribution in [2.24, 2.45) is 16.7 Å². The number of allylic oxidation sites excluding steroid dienone is 1. The number of imidazole rings is 1. The van der Waals surface area contributed by atoms with E-state index in [1.165, 1.54) is 12.4 Å². The van der Waals surface area contributed by atoms with Gasteiger partial charge in [0.1, 0.15) is 0 Å². The standard InChI is InChI=1S/C17H20O.C6H6N2O2/c1-16(2)14-9-10-17(16,3)15(18)13(14)11-12-7-5-4-6-8-12;9-6(10)2-1-5-3-7-4-8-5/h4-8,11,14H,9-10H2,1-3H3;1-4H,(H,7,8)(H,9,10). The van der Waals surface area contributed by atoms with E-state index in [2.05, 4.69) is 48.9 Å². The smallest absolute Gasteiger partial charge is 0.328 e. The van der Waals surface area contributed by atoms with E-state index < -0.39 is 5.97 Å². The van der Waals surface area contributed by atoms with Gasteiger partial charge in [0.05, 0.1) is 12.0 Å². The zero-order chi connectivity index (χ0) is 20.4. The van der Waals surface area contributed by atoms with Crippen molar-refractivity contribution in [2.75, 3.05) is 0 Å². The molecule has 5 nitrogen and oxygen atoms in total. The lowest BCUT2D eigenvalue weighted by atomic mass is 9.70. The lowest BCUT2D eigenvalue weighted by Crippen LogP contribution is -2.32. The van der Waals surface area contributed by atoms with E-state index in [4.69, 9.17) is 5.11 Å². The number of hydrogen-bond donors (Lipinski definition) is 2. The summed E-state index contributed by atoms with van der Waals surface area (Å²) in [7, 11) is 0. The number of carboxylic acid groups (broad SMARTS) is 1. The number of nitrogens with zero attached hydrogens (tertiary/aromatic N) is 1. The van der Waals surface area contributed by atoms with Gasteiger partial charge in [-0.2, -0.15) is 0 Å². The Kier molecular flexibility index (Phi) is 5.36. The van der Waals surface area contributed by atoms with Crippen LogP contribution in [0, 0.1) is 16.7 Å². The van der Waals surface area contributed by atoms with Crippen molar-refractivity contribution in [3.63, 3.8) is 0 Å². The molecule has 0 amide bonds. The maximum atomic E-state index is 12.6. The van der Waals surface area contributed by atoms with Gasteiger partial charge in [0.25, 0.3) is 0 Å². The van der Waals surface area contributed by atoms with Crippen molar-refractivity contribution in [2.45, 2.75) is 33.6 Å². The first-order valence-corrected chi connectivity index (χ1v) is 9.47. The zero-order valence-corrected chi connectivity index (χ0v) is 16.5. The molecule has 1 heterocycles. The van der Waals surface area contributed by atoms with E-state index in [-0.39, 0.29) is 10.8 Å². The van der Waals surface area contributed by atoms with Crippen LogP contribution in [0.2, 0.25) is 0 Å². The van der Waals surface area contributed by atoms with Crippen LogP contribution in [0.5, 0.6) is 0 Å². The summed E-state index contributed by atoms with van der Waals surface area (Å²) in [5.41, 5.74) is 2.79. The summed E-state index contributed by atoms with van der Waals surface area (Å²) < 4.78 is 0. The third kappa shape index (κ3) is 3.57. The highest BCUT2D eigenvalue weighted by atomic mass is 16.4. The maximum absolute atomic E-state index is 12.6. The summed E-state index contributed by atoms with van der Waals surface area (Å²) >= 11 is 0. The second-order valence-corrected chi connectivity index (χ2v) is 8.15. The molecule has 1 aromatic carbocycles. The van der Waals surface area contributed by atoms with Crippen LogP contribution < -0.4 is 0 Å². The molecule has 2 aliphatic carbocycles. The van der Waals surface area contributed by atoms with Crippen molar-refractivity contribution in [3.05, 3.63) is 65.8 Å². The van der Waals surface area contributed by atoms with E-state index in [0.29, 0.717) is 17.4 Å². The predicted octanol–water partition coefficient (Wildman–Crippen LogP) is 4.60. The highest BCUT2D eigenvalue weighted by molar-refractivity contribution is 6.07. The monoisotopic (exact) mass is 378 g/mol. The number of hydrogen-bond acceptors (Lipinski definition) is 3. The number of benzene rings is 1. The molecule has 2 aromatic rings. The summed E-state index contributed by atoms with van der Waals surface area (Å²) in [5, 5.41) is 8.19. The molecule has 0 aliphatic heterocycles. The predicted molar refractivity (Wildman–Crippen MR) is 109 cm³/mol. The summed E-state index contributed by atoms with van der Waals surface area (Å²) in [4.78, 5) is 29.1. The number of ketones is 1. The summed E-state index contributed by atoms with van der Waals surface area (Å²) in [6.45, 7) is 6.67. The van der Waals surface area contributed by atoms with Crippen molar-refractivity contribution in [1.82, 2.24) is 9.97 Å². The van der Waals surface area contributed by atoms with Crippen LogP contribution in [0.4, 0.5) is 0 Å². The Morgan fingerprint density at radius 1 is 1.25 bits per heavy atom.